The first kappa shape index (κ1) is 16.3. The highest BCUT2D eigenvalue weighted by Crippen LogP contribution is 2.31. The predicted octanol–water partition coefficient (Wildman–Crippen LogP) is 1.80. The van der Waals surface area contributed by atoms with Gasteiger partial charge in [0.15, 0.2) is 0 Å². The molecule has 1 aliphatic heterocycles. The molecular formula is C16H23N3O3. The monoisotopic (exact) mass is 305 g/mol. The van der Waals surface area contributed by atoms with Crippen molar-refractivity contribution in [3.8, 4) is 0 Å². The first-order valence-corrected chi connectivity index (χ1v) is 7.36. The van der Waals surface area contributed by atoms with Crippen molar-refractivity contribution in [2.75, 3.05) is 25.6 Å². The molecule has 3 amide bonds. The lowest BCUT2D eigenvalue weighted by Gasteiger charge is -2.35. The number of likely N-dealkylation sites (tertiary alicyclic amines) is 1. The summed E-state index contributed by atoms with van der Waals surface area (Å²) >= 11 is 0. The zero-order chi connectivity index (χ0) is 16.3. The van der Waals surface area contributed by atoms with Crippen molar-refractivity contribution >= 4 is 17.6 Å². The number of aryl methyl sites for hydroxylation is 2. The second-order valence-electron chi connectivity index (χ2n) is 5.78. The molecule has 1 saturated heterocycles. The molecule has 0 spiro atoms. The van der Waals surface area contributed by atoms with E-state index in [-0.39, 0.29) is 12.6 Å². The number of hydrogen-bond acceptors (Lipinski definition) is 3. The van der Waals surface area contributed by atoms with E-state index in [1.54, 1.807) is 0 Å². The third kappa shape index (κ3) is 2.78. The van der Waals surface area contributed by atoms with Gasteiger partial charge in [-0.05, 0) is 37.8 Å². The molecule has 22 heavy (non-hydrogen) atoms. The first-order valence-electron chi connectivity index (χ1n) is 7.36. The zero-order valence-electron chi connectivity index (χ0n) is 13.3. The lowest BCUT2D eigenvalue weighted by molar-refractivity contribution is -0.129. The molecule has 1 fully saturated rings. The van der Waals surface area contributed by atoms with E-state index in [1.807, 2.05) is 32.0 Å². The van der Waals surface area contributed by atoms with Crippen LogP contribution in [0.4, 0.5) is 10.5 Å². The summed E-state index contributed by atoms with van der Waals surface area (Å²) in [4.78, 5) is 26.1. The highest BCUT2D eigenvalue weighted by molar-refractivity contribution is 5.97. The fourth-order valence-electron chi connectivity index (χ4n) is 3.08. The molecule has 1 heterocycles. The lowest BCUT2D eigenvalue weighted by atomic mass is 9.96. The first-order chi connectivity index (χ1) is 10.4. The van der Waals surface area contributed by atoms with E-state index in [0.29, 0.717) is 13.0 Å². The standard InChI is InChI=1S/C16H23N3O3/c1-11-6-4-7-12(2)13(11)18-15(21)19-9-5-8-16(19,10-22-3)14(17)20/h4,6-7H,5,8-10H2,1-3H3,(H2,17,20)(H,18,21)/t16-/m0/s1. The summed E-state index contributed by atoms with van der Waals surface area (Å²) in [6.45, 7) is 4.47. The van der Waals surface area contributed by atoms with Gasteiger partial charge in [-0.3, -0.25) is 4.79 Å². The van der Waals surface area contributed by atoms with Crippen LogP contribution in [0.1, 0.15) is 24.0 Å². The Morgan fingerprint density at radius 2 is 2.00 bits per heavy atom. The lowest BCUT2D eigenvalue weighted by Crippen LogP contribution is -2.59. The summed E-state index contributed by atoms with van der Waals surface area (Å²) in [5.41, 5.74) is 7.22. The fourth-order valence-corrected chi connectivity index (χ4v) is 3.08. The van der Waals surface area contributed by atoms with E-state index in [1.165, 1.54) is 12.0 Å². The number of nitrogens with zero attached hydrogens (tertiary/aromatic N) is 1. The number of hydrogen-bond donors (Lipinski definition) is 2. The summed E-state index contributed by atoms with van der Waals surface area (Å²) < 4.78 is 5.15. The van der Waals surface area contributed by atoms with Gasteiger partial charge in [-0.2, -0.15) is 0 Å². The molecule has 1 aliphatic rings. The molecule has 0 unspecified atom stereocenters. The molecule has 0 aliphatic carbocycles. The van der Waals surface area contributed by atoms with Crippen LogP contribution >= 0.6 is 0 Å². The molecule has 0 saturated carbocycles. The summed E-state index contributed by atoms with van der Waals surface area (Å²) in [5, 5.41) is 2.91. The van der Waals surface area contributed by atoms with Crippen LogP contribution < -0.4 is 11.1 Å². The van der Waals surface area contributed by atoms with Gasteiger partial charge in [0.05, 0.1) is 6.61 Å². The minimum Gasteiger partial charge on any atom is -0.382 e. The molecule has 6 heteroatoms. The molecule has 1 aromatic rings. The molecule has 0 aromatic heterocycles. The SMILES string of the molecule is COC[C@]1(C(N)=O)CCCN1C(=O)Nc1c(C)cccc1C. The predicted molar refractivity (Wildman–Crippen MR) is 84.7 cm³/mol. The Morgan fingerprint density at radius 3 is 2.55 bits per heavy atom. The number of anilines is 1. The summed E-state index contributed by atoms with van der Waals surface area (Å²) in [6.07, 6.45) is 1.25. The normalized spacial score (nSPS) is 21.0. The van der Waals surface area contributed by atoms with Gasteiger partial charge in [0, 0.05) is 19.3 Å². The van der Waals surface area contributed by atoms with Crippen LogP contribution in [0.3, 0.4) is 0 Å². The van der Waals surface area contributed by atoms with Gasteiger partial charge in [-0.25, -0.2) is 4.79 Å². The number of para-hydroxylation sites is 1. The zero-order valence-corrected chi connectivity index (χ0v) is 13.3. The van der Waals surface area contributed by atoms with Crippen LogP contribution in [0, 0.1) is 13.8 Å². The molecule has 0 radical (unpaired) electrons. The Bertz CT molecular complexity index is 568. The molecule has 3 N–H and O–H groups in total. The summed E-state index contributed by atoms with van der Waals surface area (Å²) in [7, 11) is 1.50. The van der Waals surface area contributed by atoms with E-state index >= 15 is 0 Å². The number of carbonyl (C=O) groups is 2. The number of carbonyl (C=O) groups excluding carboxylic acids is 2. The Morgan fingerprint density at radius 1 is 1.36 bits per heavy atom. The van der Waals surface area contributed by atoms with Crippen LogP contribution in [0.2, 0.25) is 0 Å². The molecule has 1 aromatic carbocycles. The number of urea groups is 1. The van der Waals surface area contributed by atoms with E-state index in [9.17, 15) is 9.59 Å². The van der Waals surface area contributed by atoms with E-state index < -0.39 is 11.4 Å². The van der Waals surface area contributed by atoms with E-state index in [4.69, 9.17) is 10.5 Å². The Balaban J connectivity index is 2.26. The Hall–Kier alpha value is -2.08. The smallest absolute Gasteiger partial charge is 0.322 e. The number of amides is 3. The van der Waals surface area contributed by atoms with Gasteiger partial charge < -0.3 is 20.7 Å². The third-order valence-corrected chi connectivity index (χ3v) is 4.29. The van der Waals surface area contributed by atoms with Crippen molar-refractivity contribution in [2.24, 2.45) is 5.73 Å². The van der Waals surface area contributed by atoms with Crippen molar-refractivity contribution in [3.63, 3.8) is 0 Å². The van der Waals surface area contributed by atoms with Crippen molar-refractivity contribution in [1.82, 2.24) is 4.90 Å². The summed E-state index contributed by atoms with van der Waals surface area (Å²) in [5.74, 6) is -0.525. The second kappa shape index (κ2) is 6.36. The highest BCUT2D eigenvalue weighted by atomic mass is 16.5. The van der Waals surface area contributed by atoms with E-state index in [0.717, 1.165) is 23.2 Å². The second-order valence-corrected chi connectivity index (χ2v) is 5.78. The van der Waals surface area contributed by atoms with Crippen LogP contribution in [0.25, 0.3) is 0 Å². The number of rotatable bonds is 4. The quantitative estimate of drug-likeness (QED) is 0.889. The third-order valence-electron chi connectivity index (χ3n) is 4.29. The van der Waals surface area contributed by atoms with Gasteiger partial charge in [-0.1, -0.05) is 18.2 Å². The number of nitrogens with one attached hydrogen (secondary N) is 1. The number of benzene rings is 1. The fraction of sp³-hybridized carbons (Fsp3) is 0.500. The highest BCUT2D eigenvalue weighted by Gasteiger charge is 2.48. The maximum atomic E-state index is 12.7. The van der Waals surface area contributed by atoms with Crippen LogP contribution in [0.15, 0.2) is 18.2 Å². The Kier molecular flexibility index (Phi) is 4.71. The van der Waals surface area contributed by atoms with Crippen LogP contribution in [-0.2, 0) is 9.53 Å². The molecule has 120 valence electrons. The maximum absolute atomic E-state index is 12.7. The van der Waals surface area contributed by atoms with Crippen molar-refractivity contribution < 1.29 is 14.3 Å². The van der Waals surface area contributed by atoms with Crippen LogP contribution in [0.5, 0.6) is 0 Å². The van der Waals surface area contributed by atoms with Gasteiger partial charge in [-0.15, -0.1) is 0 Å². The number of ether oxygens (including phenoxy) is 1. The van der Waals surface area contributed by atoms with E-state index in [2.05, 4.69) is 5.32 Å². The average Bonchev–Trinajstić information content (AvgIpc) is 2.88. The van der Waals surface area contributed by atoms with Gasteiger partial charge in [0.1, 0.15) is 5.54 Å². The van der Waals surface area contributed by atoms with Gasteiger partial charge in [0.25, 0.3) is 0 Å². The minimum atomic E-state index is -1.06. The molecule has 6 nitrogen and oxygen atoms in total. The maximum Gasteiger partial charge on any atom is 0.322 e. The molecular weight excluding hydrogens is 282 g/mol. The van der Waals surface area contributed by atoms with Crippen molar-refractivity contribution in [1.29, 1.82) is 0 Å². The molecule has 2 rings (SSSR count). The Labute approximate surface area is 130 Å². The summed E-state index contributed by atoms with van der Waals surface area (Å²) in [6, 6.07) is 5.49. The minimum absolute atomic E-state index is 0.114. The van der Waals surface area contributed by atoms with Gasteiger partial charge >= 0.3 is 6.03 Å². The van der Waals surface area contributed by atoms with Gasteiger partial charge in [0.2, 0.25) is 5.91 Å². The van der Waals surface area contributed by atoms with Crippen molar-refractivity contribution in [3.05, 3.63) is 29.3 Å². The molecule has 0 bridgehead atoms. The van der Waals surface area contributed by atoms with Crippen molar-refractivity contribution in [2.45, 2.75) is 32.2 Å². The van der Waals surface area contributed by atoms with Crippen LogP contribution in [-0.4, -0.2) is 42.6 Å². The topological polar surface area (TPSA) is 84.7 Å². The molecule has 1 atom stereocenters. The number of nitrogens with two attached hydrogens (primary N) is 1. The number of primary amides is 1. The average molecular weight is 305 g/mol. The number of methoxy groups -OCH3 is 1. The largest absolute Gasteiger partial charge is 0.382 e.